The SMILES string of the molecule is CC(F)(F)CCC(=O)N1CCn2nc(OCc3ccccc3)cc2C1. The minimum Gasteiger partial charge on any atom is -0.472 e. The third-order valence-electron chi connectivity index (χ3n) is 4.14. The van der Waals surface area contributed by atoms with Gasteiger partial charge >= 0.3 is 0 Å². The number of hydrogen-bond donors (Lipinski definition) is 0. The van der Waals surface area contributed by atoms with Gasteiger partial charge in [0.15, 0.2) is 0 Å². The highest BCUT2D eigenvalue weighted by molar-refractivity contribution is 5.76. The van der Waals surface area contributed by atoms with E-state index in [0.29, 0.717) is 32.1 Å². The number of fused-ring (bicyclic) bond motifs is 1. The Morgan fingerprint density at radius 1 is 1.28 bits per heavy atom. The zero-order chi connectivity index (χ0) is 17.9. The van der Waals surface area contributed by atoms with Crippen LogP contribution in [0.15, 0.2) is 36.4 Å². The Balaban J connectivity index is 1.56. The summed E-state index contributed by atoms with van der Waals surface area (Å²) in [7, 11) is 0. The molecule has 5 nitrogen and oxygen atoms in total. The van der Waals surface area contributed by atoms with Crippen molar-refractivity contribution in [2.24, 2.45) is 0 Å². The van der Waals surface area contributed by atoms with Gasteiger partial charge in [-0.3, -0.25) is 9.48 Å². The molecular formula is C18H21F2N3O2. The molecule has 2 heterocycles. The third kappa shape index (κ3) is 4.78. The molecule has 0 atom stereocenters. The van der Waals surface area contributed by atoms with Gasteiger partial charge in [0.1, 0.15) is 6.61 Å². The van der Waals surface area contributed by atoms with Gasteiger partial charge in [0, 0.05) is 25.5 Å². The molecule has 1 aliphatic heterocycles. The van der Waals surface area contributed by atoms with Crippen LogP contribution in [0.5, 0.6) is 5.88 Å². The largest absolute Gasteiger partial charge is 0.472 e. The van der Waals surface area contributed by atoms with Crippen molar-refractivity contribution in [3.05, 3.63) is 47.7 Å². The van der Waals surface area contributed by atoms with Gasteiger partial charge < -0.3 is 9.64 Å². The molecule has 0 radical (unpaired) electrons. The van der Waals surface area contributed by atoms with Crippen molar-refractivity contribution < 1.29 is 18.3 Å². The predicted molar refractivity (Wildman–Crippen MR) is 88.3 cm³/mol. The van der Waals surface area contributed by atoms with Crippen molar-refractivity contribution in [1.29, 1.82) is 0 Å². The molecule has 0 fully saturated rings. The predicted octanol–water partition coefficient (Wildman–Crippen LogP) is 3.24. The van der Waals surface area contributed by atoms with Crippen molar-refractivity contribution in [1.82, 2.24) is 14.7 Å². The van der Waals surface area contributed by atoms with E-state index < -0.39 is 12.3 Å². The average Bonchev–Trinajstić information content (AvgIpc) is 3.00. The summed E-state index contributed by atoms with van der Waals surface area (Å²) in [6.45, 7) is 2.64. The van der Waals surface area contributed by atoms with Crippen LogP contribution in [0.3, 0.4) is 0 Å². The summed E-state index contributed by atoms with van der Waals surface area (Å²) in [5.74, 6) is -2.56. The molecule has 25 heavy (non-hydrogen) atoms. The number of ether oxygens (including phenoxy) is 1. The van der Waals surface area contributed by atoms with Gasteiger partial charge in [-0.1, -0.05) is 30.3 Å². The number of aromatic nitrogens is 2. The number of rotatable bonds is 6. The molecule has 0 spiro atoms. The van der Waals surface area contributed by atoms with E-state index in [1.807, 2.05) is 30.3 Å². The Bertz CT molecular complexity index is 726. The summed E-state index contributed by atoms with van der Waals surface area (Å²) in [5, 5.41) is 4.38. The normalized spacial score (nSPS) is 14.3. The summed E-state index contributed by atoms with van der Waals surface area (Å²) in [6, 6.07) is 11.6. The van der Waals surface area contributed by atoms with Crippen LogP contribution in [0.25, 0.3) is 0 Å². The van der Waals surface area contributed by atoms with E-state index in [1.165, 1.54) is 0 Å². The van der Waals surface area contributed by atoms with E-state index in [0.717, 1.165) is 18.2 Å². The summed E-state index contributed by atoms with van der Waals surface area (Å²) < 4.78 is 33.3. The van der Waals surface area contributed by atoms with E-state index in [-0.39, 0.29) is 12.3 Å². The summed E-state index contributed by atoms with van der Waals surface area (Å²) in [4.78, 5) is 13.7. The lowest BCUT2D eigenvalue weighted by atomic mass is 10.2. The van der Waals surface area contributed by atoms with Gasteiger partial charge in [0.2, 0.25) is 17.7 Å². The fourth-order valence-corrected chi connectivity index (χ4v) is 2.74. The minimum absolute atomic E-state index is 0.144. The summed E-state index contributed by atoms with van der Waals surface area (Å²) in [5.41, 5.74) is 1.90. The Kier molecular flexibility index (Phi) is 5.01. The summed E-state index contributed by atoms with van der Waals surface area (Å²) in [6.07, 6.45) is -0.567. The standard InChI is InChI=1S/C18H21F2N3O2/c1-18(19,20)8-7-17(24)22-9-10-23-15(12-22)11-16(21-23)25-13-14-5-3-2-4-6-14/h2-6,11H,7-10,12-13H2,1H3. The van der Waals surface area contributed by atoms with Gasteiger partial charge in [-0.25, -0.2) is 8.78 Å². The molecule has 0 bridgehead atoms. The lowest BCUT2D eigenvalue weighted by molar-refractivity contribution is -0.134. The second-order valence-electron chi connectivity index (χ2n) is 6.36. The number of amides is 1. The second-order valence-corrected chi connectivity index (χ2v) is 6.36. The molecule has 1 aromatic carbocycles. The fraction of sp³-hybridized carbons (Fsp3) is 0.444. The first-order valence-corrected chi connectivity index (χ1v) is 8.30. The van der Waals surface area contributed by atoms with Crippen molar-refractivity contribution in [3.63, 3.8) is 0 Å². The van der Waals surface area contributed by atoms with Crippen LogP contribution in [0, 0.1) is 0 Å². The molecule has 0 unspecified atom stereocenters. The number of carbonyl (C=O) groups excluding carboxylic acids is 1. The van der Waals surface area contributed by atoms with Crippen LogP contribution in [0.1, 0.15) is 31.0 Å². The van der Waals surface area contributed by atoms with Crippen LogP contribution < -0.4 is 4.74 Å². The Morgan fingerprint density at radius 2 is 2.04 bits per heavy atom. The first kappa shape index (κ1) is 17.4. The zero-order valence-electron chi connectivity index (χ0n) is 14.1. The maximum atomic E-state index is 12.9. The number of alkyl halides is 2. The topological polar surface area (TPSA) is 47.4 Å². The number of carbonyl (C=O) groups is 1. The highest BCUT2D eigenvalue weighted by Gasteiger charge is 2.27. The molecule has 134 valence electrons. The van der Waals surface area contributed by atoms with Gasteiger partial charge in [0.25, 0.3) is 0 Å². The van der Waals surface area contributed by atoms with E-state index in [1.54, 1.807) is 15.6 Å². The maximum absolute atomic E-state index is 12.9. The van der Waals surface area contributed by atoms with Crippen LogP contribution in [0.2, 0.25) is 0 Å². The molecule has 0 saturated heterocycles. The number of benzene rings is 1. The number of halogens is 2. The lowest BCUT2D eigenvalue weighted by Crippen LogP contribution is -2.38. The molecule has 1 amide bonds. The van der Waals surface area contributed by atoms with Crippen molar-refractivity contribution in [3.8, 4) is 5.88 Å². The van der Waals surface area contributed by atoms with Gasteiger partial charge in [-0.05, 0) is 12.5 Å². The second kappa shape index (κ2) is 7.21. The van der Waals surface area contributed by atoms with E-state index in [4.69, 9.17) is 4.74 Å². The molecule has 0 saturated carbocycles. The number of nitrogens with zero attached hydrogens (tertiary/aromatic N) is 3. The minimum atomic E-state index is -2.81. The molecule has 0 N–H and O–H groups in total. The molecule has 3 rings (SSSR count). The van der Waals surface area contributed by atoms with Gasteiger partial charge in [0.05, 0.1) is 18.8 Å². The quantitative estimate of drug-likeness (QED) is 0.804. The summed E-state index contributed by atoms with van der Waals surface area (Å²) >= 11 is 0. The van der Waals surface area contributed by atoms with Gasteiger partial charge in [-0.15, -0.1) is 5.10 Å². The van der Waals surface area contributed by atoms with Crippen LogP contribution >= 0.6 is 0 Å². The van der Waals surface area contributed by atoms with Gasteiger partial charge in [-0.2, -0.15) is 0 Å². The Hall–Kier alpha value is -2.44. The molecule has 0 aliphatic carbocycles. The van der Waals surface area contributed by atoms with Crippen molar-refractivity contribution in [2.75, 3.05) is 6.54 Å². The van der Waals surface area contributed by atoms with Crippen LogP contribution in [-0.4, -0.2) is 33.1 Å². The Labute approximate surface area is 145 Å². The van der Waals surface area contributed by atoms with E-state index in [2.05, 4.69) is 5.10 Å². The molecule has 1 aromatic heterocycles. The highest BCUT2D eigenvalue weighted by atomic mass is 19.3. The fourth-order valence-electron chi connectivity index (χ4n) is 2.74. The molecule has 2 aromatic rings. The van der Waals surface area contributed by atoms with Crippen molar-refractivity contribution >= 4 is 5.91 Å². The third-order valence-corrected chi connectivity index (χ3v) is 4.14. The maximum Gasteiger partial charge on any atom is 0.245 e. The van der Waals surface area contributed by atoms with Crippen molar-refractivity contribution in [2.45, 2.75) is 45.4 Å². The first-order chi connectivity index (χ1) is 11.9. The van der Waals surface area contributed by atoms with E-state index >= 15 is 0 Å². The molecule has 1 aliphatic rings. The first-order valence-electron chi connectivity index (χ1n) is 8.30. The average molecular weight is 349 g/mol. The monoisotopic (exact) mass is 349 g/mol. The molecular weight excluding hydrogens is 328 g/mol. The van der Waals surface area contributed by atoms with E-state index in [9.17, 15) is 13.6 Å². The highest BCUT2D eigenvalue weighted by Crippen LogP contribution is 2.22. The number of hydrogen-bond acceptors (Lipinski definition) is 3. The van der Waals surface area contributed by atoms with Crippen LogP contribution in [0.4, 0.5) is 8.78 Å². The smallest absolute Gasteiger partial charge is 0.245 e. The van der Waals surface area contributed by atoms with Crippen LogP contribution in [-0.2, 0) is 24.5 Å². The molecule has 7 heteroatoms. The Morgan fingerprint density at radius 3 is 2.76 bits per heavy atom. The lowest BCUT2D eigenvalue weighted by Gasteiger charge is -2.28. The zero-order valence-corrected chi connectivity index (χ0v) is 14.1.